The summed E-state index contributed by atoms with van der Waals surface area (Å²) < 4.78 is 0. The summed E-state index contributed by atoms with van der Waals surface area (Å²) in [4.78, 5) is 16.0. The minimum absolute atomic E-state index is 0.324. The molecule has 0 amide bonds. The van der Waals surface area contributed by atoms with E-state index in [1.54, 1.807) is 5.56 Å². The number of fused-ring (bicyclic) bond motifs is 1. The number of aromatic nitrogens is 3. The first kappa shape index (κ1) is 40.4. The standard InChI is InChI=1S/C64H56N4/c65-39-40-5-7-50(8-6-40)55-30-56(54-14-11-47-3-1-2-4-53(47)29-54)32-57(31-55)62-67-60(66-61(68-62)52-17-21-59(22-18-52)64-36-44-26-45(37-64)28-46(27-44)38-64)51-12-9-48(10-13-51)49-15-19-58(20-16-49)63-33-41-23-42(34-63)25-43(24-41)35-63/h1-22,29-32,41-46H,23-28,33-38H2. The lowest BCUT2D eigenvalue weighted by Gasteiger charge is -2.57. The van der Waals surface area contributed by atoms with Gasteiger partial charge in [0.15, 0.2) is 17.5 Å². The molecule has 16 rings (SSSR count). The topological polar surface area (TPSA) is 62.5 Å². The molecular formula is C64H56N4. The fourth-order valence-corrected chi connectivity index (χ4v) is 15.7. The molecule has 68 heavy (non-hydrogen) atoms. The largest absolute Gasteiger partial charge is 0.208 e. The molecular weight excluding hydrogens is 825 g/mol. The van der Waals surface area contributed by atoms with Crippen molar-refractivity contribution < 1.29 is 0 Å². The zero-order valence-corrected chi connectivity index (χ0v) is 38.7. The Morgan fingerprint density at radius 2 is 0.691 bits per heavy atom. The van der Waals surface area contributed by atoms with Gasteiger partial charge in [0.2, 0.25) is 0 Å². The van der Waals surface area contributed by atoms with Gasteiger partial charge in [-0.3, -0.25) is 0 Å². The Hall–Kier alpha value is -6.70. The lowest BCUT2D eigenvalue weighted by molar-refractivity contribution is -0.00530. The van der Waals surface area contributed by atoms with Gasteiger partial charge in [0, 0.05) is 16.7 Å². The number of benzene rings is 7. The van der Waals surface area contributed by atoms with Crippen LogP contribution in [0.15, 0.2) is 158 Å². The van der Waals surface area contributed by atoms with Gasteiger partial charge in [-0.2, -0.15) is 5.26 Å². The van der Waals surface area contributed by atoms with Crippen LogP contribution in [0.3, 0.4) is 0 Å². The van der Waals surface area contributed by atoms with Crippen LogP contribution in [0.4, 0.5) is 0 Å². The average molecular weight is 881 g/mol. The van der Waals surface area contributed by atoms with E-state index < -0.39 is 0 Å². The van der Waals surface area contributed by atoms with E-state index in [1.165, 1.54) is 105 Å². The highest BCUT2D eigenvalue weighted by molar-refractivity contribution is 5.89. The Morgan fingerprint density at radius 1 is 0.338 bits per heavy atom. The highest BCUT2D eigenvalue weighted by Gasteiger charge is 2.52. The van der Waals surface area contributed by atoms with Crippen molar-refractivity contribution in [2.75, 3.05) is 0 Å². The van der Waals surface area contributed by atoms with Gasteiger partial charge in [-0.15, -0.1) is 0 Å². The van der Waals surface area contributed by atoms with Crippen molar-refractivity contribution in [3.63, 3.8) is 0 Å². The van der Waals surface area contributed by atoms with Crippen molar-refractivity contribution in [2.24, 2.45) is 35.5 Å². The highest BCUT2D eigenvalue weighted by atomic mass is 15.0. The van der Waals surface area contributed by atoms with Crippen molar-refractivity contribution in [1.82, 2.24) is 15.0 Å². The molecule has 332 valence electrons. The van der Waals surface area contributed by atoms with Crippen molar-refractivity contribution in [3.05, 3.63) is 174 Å². The second-order valence-corrected chi connectivity index (χ2v) is 22.5. The Labute approximate surface area is 400 Å². The van der Waals surface area contributed by atoms with Crippen molar-refractivity contribution >= 4 is 10.8 Å². The molecule has 8 fully saturated rings. The summed E-state index contributed by atoms with van der Waals surface area (Å²) >= 11 is 0. The van der Waals surface area contributed by atoms with Gasteiger partial charge in [0.05, 0.1) is 11.6 Å². The molecule has 0 N–H and O–H groups in total. The number of hydrogen-bond acceptors (Lipinski definition) is 4. The molecule has 0 saturated heterocycles. The highest BCUT2D eigenvalue weighted by Crippen LogP contribution is 2.62. The van der Waals surface area contributed by atoms with E-state index in [0.29, 0.717) is 33.9 Å². The maximum atomic E-state index is 9.63. The molecule has 1 heterocycles. The molecule has 0 radical (unpaired) electrons. The van der Waals surface area contributed by atoms with Crippen LogP contribution in [0, 0.1) is 46.8 Å². The Balaban J connectivity index is 0.855. The Kier molecular flexibility index (Phi) is 9.31. The molecule has 8 aromatic rings. The average Bonchev–Trinajstić information content (AvgIpc) is 3.37. The lowest BCUT2D eigenvalue weighted by atomic mass is 9.48. The van der Waals surface area contributed by atoms with Crippen LogP contribution in [0.2, 0.25) is 0 Å². The SMILES string of the molecule is N#Cc1ccc(-c2cc(-c3ccc4ccccc4c3)cc(-c3nc(-c4ccc(-c5ccc(C67CC8CC(CC(C8)C6)C7)cc5)cc4)nc(-c4ccc(C56CC7CC(CC(C7)C5)C6)cc4)n3)c2)cc1. The van der Waals surface area contributed by atoms with Gasteiger partial charge in [-0.25, -0.2) is 15.0 Å². The van der Waals surface area contributed by atoms with Crippen LogP contribution in [0.5, 0.6) is 0 Å². The summed E-state index contributed by atoms with van der Waals surface area (Å²) in [6.45, 7) is 0. The van der Waals surface area contributed by atoms with E-state index in [9.17, 15) is 5.26 Å². The summed E-state index contributed by atoms with van der Waals surface area (Å²) in [6.07, 6.45) is 16.9. The monoisotopic (exact) mass is 880 g/mol. The quantitative estimate of drug-likeness (QED) is 0.153. The zero-order chi connectivity index (χ0) is 45.0. The summed E-state index contributed by atoms with van der Waals surface area (Å²) in [7, 11) is 0. The summed E-state index contributed by atoms with van der Waals surface area (Å²) in [6, 6.07) is 59.9. The summed E-state index contributed by atoms with van der Waals surface area (Å²) in [5, 5.41) is 12.0. The maximum Gasteiger partial charge on any atom is 0.164 e. The minimum atomic E-state index is 0.324. The van der Waals surface area contributed by atoms with Crippen LogP contribution < -0.4 is 0 Å². The number of nitriles is 1. The molecule has 8 aliphatic carbocycles. The van der Waals surface area contributed by atoms with Gasteiger partial charge >= 0.3 is 0 Å². The third-order valence-corrected chi connectivity index (χ3v) is 18.1. The van der Waals surface area contributed by atoms with Crippen LogP contribution in [0.25, 0.3) is 78.3 Å². The molecule has 8 aliphatic rings. The molecule has 0 atom stereocenters. The predicted octanol–water partition coefficient (Wildman–Crippen LogP) is 15.8. The van der Waals surface area contributed by atoms with Crippen molar-refractivity contribution in [2.45, 2.75) is 87.9 Å². The van der Waals surface area contributed by atoms with Crippen LogP contribution >= 0.6 is 0 Å². The van der Waals surface area contributed by atoms with E-state index in [2.05, 4.69) is 140 Å². The van der Waals surface area contributed by atoms with E-state index in [4.69, 9.17) is 15.0 Å². The van der Waals surface area contributed by atoms with Crippen molar-refractivity contribution in [3.8, 4) is 73.6 Å². The molecule has 8 bridgehead atoms. The summed E-state index contributed by atoms with van der Waals surface area (Å²) in [5.74, 6) is 7.48. The number of hydrogen-bond donors (Lipinski definition) is 0. The second kappa shape index (κ2) is 15.7. The van der Waals surface area contributed by atoms with Gasteiger partial charge < -0.3 is 0 Å². The maximum absolute atomic E-state index is 9.63. The first-order chi connectivity index (χ1) is 33.4. The smallest absolute Gasteiger partial charge is 0.164 e. The molecule has 7 aromatic carbocycles. The Morgan fingerprint density at radius 3 is 1.18 bits per heavy atom. The minimum Gasteiger partial charge on any atom is -0.208 e. The first-order valence-electron chi connectivity index (χ1n) is 25.6. The number of rotatable bonds is 8. The van der Waals surface area contributed by atoms with E-state index in [0.717, 1.165) is 74.5 Å². The van der Waals surface area contributed by atoms with Crippen LogP contribution in [-0.4, -0.2) is 15.0 Å². The molecule has 4 nitrogen and oxygen atoms in total. The molecule has 1 aromatic heterocycles. The molecule has 0 unspecified atom stereocenters. The van der Waals surface area contributed by atoms with E-state index in [1.807, 2.05) is 24.3 Å². The molecule has 0 aliphatic heterocycles. The normalized spacial score (nSPS) is 27.4. The fraction of sp³-hybridized carbons (Fsp3) is 0.312. The van der Waals surface area contributed by atoms with Gasteiger partial charge in [0.25, 0.3) is 0 Å². The second-order valence-electron chi connectivity index (χ2n) is 22.5. The van der Waals surface area contributed by atoms with Gasteiger partial charge in [-0.05, 0) is 215 Å². The van der Waals surface area contributed by atoms with Gasteiger partial charge in [-0.1, -0.05) is 121 Å². The third kappa shape index (κ3) is 7.03. The molecule has 8 saturated carbocycles. The van der Waals surface area contributed by atoms with Gasteiger partial charge in [0.1, 0.15) is 0 Å². The Bertz CT molecular complexity index is 3210. The first-order valence-corrected chi connectivity index (χ1v) is 25.6. The van der Waals surface area contributed by atoms with Crippen LogP contribution in [-0.2, 0) is 10.8 Å². The third-order valence-electron chi connectivity index (χ3n) is 18.1. The lowest BCUT2D eigenvalue weighted by Crippen LogP contribution is -2.48. The molecule has 4 heteroatoms. The van der Waals surface area contributed by atoms with E-state index in [-0.39, 0.29) is 0 Å². The fourth-order valence-electron chi connectivity index (χ4n) is 15.7. The molecule has 0 spiro atoms. The van der Waals surface area contributed by atoms with Crippen LogP contribution in [0.1, 0.15) is 93.7 Å². The number of nitrogens with zero attached hydrogens (tertiary/aromatic N) is 4. The predicted molar refractivity (Wildman–Crippen MR) is 274 cm³/mol. The van der Waals surface area contributed by atoms with Crippen molar-refractivity contribution in [1.29, 1.82) is 5.26 Å². The zero-order valence-electron chi connectivity index (χ0n) is 38.7. The summed E-state index contributed by atoms with van der Waals surface area (Å²) in [5.41, 5.74) is 14.1. The van der Waals surface area contributed by atoms with E-state index >= 15 is 0 Å².